The van der Waals surface area contributed by atoms with E-state index in [9.17, 15) is 4.79 Å². The molecule has 1 saturated carbocycles. The highest BCUT2D eigenvalue weighted by Crippen LogP contribution is 2.19. The van der Waals surface area contributed by atoms with Crippen molar-refractivity contribution in [1.29, 1.82) is 0 Å². The van der Waals surface area contributed by atoms with Crippen LogP contribution in [-0.2, 0) is 9.53 Å². The van der Waals surface area contributed by atoms with Crippen molar-refractivity contribution in [3.8, 4) is 0 Å². The van der Waals surface area contributed by atoms with Crippen molar-refractivity contribution in [2.24, 2.45) is 5.73 Å². The zero-order valence-electron chi connectivity index (χ0n) is 10.2. The average molecular weight is 228 g/mol. The summed E-state index contributed by atoms with van der Waals surface area (Å²) in [4.78, 5) is 11.3. The van der Waals surface area contributed by atoms with E-state index in [1.807, 2.05) is 6.92 Å². The van der Waals surface area contributed by atoms with E-state index in [1.165, 1.54) is 32.1 Å². The van der Waals surface area contributed by atoms with Gasteiger partial charge in [0.05, 0.1) is 18.8 Å². The number of ether oxygens (including phenoxy) is 1. The van der Waals surface area contributed by atoms with Crippen LogP contribution >= 0.6 is 0 Å². The maximum atomic E-state index is 11.3. The maximum Gasteiger partial charge on any atom is 0.236 e. The second kappa shape index (κ2) is 7.63. The number of hydrogen-bond acceptors (Lipinski definition) is 3. The fraction of sp³-hybridized carbons (Fsp3) is 0.917. The van der Waals surface area contributed by atoms with Crippen molar-refractivity contribution in [1.82, 2.24) is 5.32 Å². The monoisotopic (exact) mass is 228 g/mol. The van der Waals surface area contributed by atoms with E-state index in [0.717, 1.165) is 0 Å². The van der Waals surface area contributed by atoms with Crippen LogP contribution in [0.25, 0.3) is 0 Å². The molecule has 0 aromatic rings. The molecule has 0 aliphatic heterocycles. The van der Waals surface area contributed by atoms with Gasteiger partial charge in [0.15, 0.2) is 0 Å². The molecule has 0 unspecified atom stereocenters. The van der Waals surface area contributed by atoms with Crippen LogP contribution in [0.1, 0.15) is 45.4 Å². The van der Waals surface area contributed by atoms with Crippen LogP contribution in [0.2, 0.25) is 0 Å². The number of rotatable bonds is 6. The largest absolute Gasteiger partial charge is 0.376 e. The van der Waals surface area contributed by atoms with Gasteiger partial charge in [-0.2, -0.15) is 0 Å². The van der Waals surface area contributed by atoms with E-state index in [4.69, 9.17) is 10.5 Å². The van der Waals surface area contributed by atoms with Gasteiger partial charge >= 0.3 is 0 Å². The standard InChI is InChI=1S/C12H24N2O2/c1-2-11(13)12(15)14-8-9-16-10-6-4-3-5-7-10/h10-11H,2-9,13H2,1H3,(H,14,15)/t11-/m1/s1. The van der Waals surface area contributed by atoms with Crippen molar-refractivity contribution in [3.63, 3.8) is 0 Å². The molecule has 1 rings (SSSR count). The Kier molecular flexibility index (Phi) is 6.42. The van der Waals surface area contributed by atoms with E-state index in [-0.39, 0.29) is 11.9 Å². The second-order valence-electron chi connectivity index (χ2n) is 4.44. The van der Waals surface area contributed by atoms with Crippen LogP contribution in [0.4, 0.5) is 0 Å². The Labute approximate surface area is 97.9 Å². The maximum absolute atomic E-state index is 11.3. The van der Waals surface area contributed by atoms with E-state index in [0.29, 0.717) is 25.7 Å². The molecule has 0 spiro atoms. The highest BCUT2D eigenvalue weighted by atomic mass is 16.5. The number of amides is 1. The van der Waals surface area contributed by atoms with Crippen LogP contribution < -0.4 is 11.1 Å². The van der Waals surface area contributed by atoms with Gasteiger partial charge in [0.25, 0.3) is 0 Å². The first-order valence-corrected chi connectivity index (χ1v) is 6.39. The third-order valence-electron chi connectivity index (χ3n) is 3.08. The predicted molar refractivity (Wildman–Crippen MR) is 64.1 cm³/mol. The molecule has 0 radical (unpaired) electrons. The van der Waals surface area contributed by atoms with Crippen molar-refractivity contribution in [2.75, 3.05) is 13.2 Å². The third-order valence-corrected chi connectivity index (χ3v) is 3.08. The SMILES string of the molecule is CC[C@@H](N)C(=O)NCCOC1CCCCC1. The highest BCUT2D eigenvalue weighted by Gasteiger charge is 2.14. The topological polar surface area (TPSA) is 64.4 Å². The number of nitrogens with one attached hydrogen (secondary N) is 1. The summed E-state index contributed by atoms with van der Waals surface area (Å²) in [6.07, 6.45) is 7.31. The molecule has 0 bridgehead atoms. The molecule has 1 aliphatic carbocycles. The lowest BCUT2D eigenvalue weighted by atomic mass is 9.98. The first kappa shape index (κ1) is 13.5. The molecule has 0 heterocycles. The molecule has 3 N–H and O–H groups in total. The minimum absolute atomic E-state index is 0.0743. The van der Waals surface area contributed by atoms with Gasteiger partial charge in [0, 0.05) is 6.54 Å². The second-order valence-corrected chi connectivity index (χ2v) is 4.44. The molecule has 1 aliphatic rings. The summed E-state index contributed by atoms with van der Waals surface area (Å²) in [5.74, 6) is -0.0743. The fourth-order valence-electron chi connectivity index (χ4n) is 1.95. The van der Waals surface area contributed by atoms with Crippen LogP contribution in [0.15, 0.2) is 0 Å². The Morgan fingerprint density at radius 3 is 2.75 bits per heavy atom. The van der Waals surface area contributed by atoms with Crippen molar-refractivity contribution < 1.29 is 9.53 Å². The highest BCUT2D eigenvalue weighted by molar-refractivity contribution is 5.81. The average Bonchev–Trinajstić information content (AvgIpc) is 2.34. The lowest BCUT2D eigenvalue weighted by Crippen LogP contribution is -2.41. The smallest absolute Gasteiger partial charge is 0.236 e. The molecule has 0 aromatic carbocycles. The molecule has 16 heavy (non-hydrogen) atoms. The summed E-state index contributed by atoms with van der Waals surface area (Å²) in [5.41, 5.74) is 5.59. The minimum atomic E-state index is -0.380. The van der Waals surface area contributed by atoms with E-state index >= 15 is 0 Å². The predicted octanol–water partition coefficient (Wildman–Crippen LogP) is 1.19. The Bertz CT molecular complexity index is 203. The number of carbonyl (C=O) groups excluding carboxylic acids is 1. The Morgan fingerprint density at radius 2 is 2.12 bits per heavy atom. The van der Waals surface area contributed by atoms with Gasteiger partial charge in [-0.1, -0.05) is 26.2 Å². The van der Waals surface area contributed by atoms with Crippen LogP contribution in [0.3, 0.4) is 0 Å². The Morgan fingerprint density at radius 1 is 1.44 bits per heavy atom. The van der Waals surface area contributed by atoms with E-state index < -0.39 is 0 Å². The van der Waals surface area contributed by atoms with Gasteiger partial charge in [-0.25, -0.2) is 0 Å². The van der Waals surface area contributed by atoms with Crippen LogP contribution in [0, 0.1) is 0 Å². The molecule has 94 valence electrons. The zero-order valence-corrected chi connectivity index (χ0v) is 10.2. The van der Waals surface area contributed by atoms with Crippen LogP contribution in [-0.4, -0.2) is 31.2 Å². The Balaban J connectivity index is 2.00. The van der Waals surface area contributed by atoms with Gasteiger partial charge in [-0.3, -0.25) is 4.79 Å². The summed E-state index contributed by atoms with van der Waals surface area (Å²) in [6, 6.07) is -0.380. The van der Waals surface area contributed by atoms with Gasteiger partial charge < -0.3 is 15.8 Å². The van der Waals surface area contributed by atoms with Crippen molar-refractivity contribution in [2.45, 2.75) is 57.6 Å². The number of nitrogens with two attached hydrogens (primary N) is 1. The minimum Gasteiger partial charge on any atom is -0.376 e. The summed E-state index contributed by atoms with van der Waals surface area (Å²) < 4.78 is 5.69. The lowest BCUT2D eigenvalue weighted by molar-refractivity contribution is -0.122. The molecule has 1 atom stereocenters. The molecule has 4 heteroatoms. The van der Waals surface area contributed by atoms with Gasteiger partial charge in [0.2, 0.25) is 5.91 Å². The van der Waals surface area contributed by atoms with Gasteiger partial charge in [-0.05, 0) is 19.3 Å². The molecule has 1 fully saturated rings. The number of carbonyl (C=O) groups is 1. The normalized spacial score (nSPS) is 19.4. The first-order chi connectivity index (χ1) is 7.74. The quantitative estimate of drug-likeness (QED) is 0.671. The van der Waals surface area contributed by atoms with Crippen molar-refractivity contribution >= 4 is 5.91 Å². The first-order valence-electron chi connectivity index (χ1n) is 6.39. The molecule has 0 saturated heterocycles. The molecule has 1 amide bonds. The molecule has 0 aromatic heterocycles. The summed E-state index contributed by atoms with van der Waals surface area (Å²) in [7, 11) is 0. The zero-order chi connectivity index (χ0) is 11.8. The number of hydrogen-bond donors (Lipinski definition) is 2. The lowest BCUT2D eigenvalue weighted by Gasteiger charge is -2.22. The van der Waals surface area contributed by atoms with Gasteiger partial charge in [0.1, 0.15) is 0 Å². The van der Waals surface area contributed by atoms with Crippen molar-refractivity contribution in [3.05, 3.63) is 0 Å². The third kappa shape index (κ3) is 4.94. The summed E-state index contributed by atoms with van der Waals surface area (Å²) in [6.45, 7) is 3.08. The summed E-state index contributed by atoms with van der Waals surface area (Å²) >= 11 is 0. The fourth-order valence-corrected chi connectivity index (χ4v) is 1.95. The van der Waals surface area contributed by atoms with Crippen LogP contribution in [0.5, 0.6) is 0 Å². The summed E-state index contributed by atoms with van der Waals surface area (Å²) in [5, 5.41) is 2.78. The Hall–Kier alpha value is -0.610. The molecular formula is C12H24N2O2. The molecular weight excluding hydrogens is 204 g/mol. The van der Waals surface area contributed by atoms with E-state index in [1.54, 1.807) is 0 Å². The molecule has 4 nitrogen and oxygen atoms in total. The van der Waals surface area contributed by atoms with Gasteiger partial charge in [-0.15, -0.1) is 0 Å². The van der Waals surface area contributed by atoms with E-state index in [2.05, 4.69) is 5.32 Å².